The SMILES string of the molecule is CCC1OCCC1C(=O)Nc1cc(C#CCN)ccc1C. The predicted octanol–water partition coefficient (Wildman–Crippen LogP) is 2.06. The highest BCUT2D eigenvalue weighted by Crippen LogP contribution is 2.26. The van der Waals surface area contributed by atoms with Crippen LogP contribution in [0.15, 0.2) is 18.2 Å². The molecule has 3 N–H and O–H groups in total. The van der Waals surface area contributed by atoms with Crippen molar-refractivity contribution in [3.05, 3.63) is 29.3 Å². The fourth-order valence-electron chi connectivity index (χ4n) is 2.56. The van der Waals surface area contributed by atoms with Crippen LogP contribution in [0.25, 0.3) is 0 Å². The molecule has 1 aromatic carbocycles. The topological polar surface area (TPSA) is 64.3 Å². The van der Waals surface area contributed by atoms with Gasteiger partial charge in [-0.25, -0.2) is 0 Å². The van der Waals surface area contributed by atoms with Crippen LogP contribution in [0, 0.1) is 24.7 Å². The molecule has 0 spiro atoms. The summed E-state index contributed by atoms with van der Waals surface area (Å²) >= 11 is 0. The third-order valence-electron chi connectivity index (χ3n) is 3.78. The van der Waals surface area contributed by atoms with E-state index in [0.29, 0.717) is 13.2 Å². The van der Waals surface area contributed by atoms with Crippen molar-refractivity contribution < 1.29 is 9.53 Å². The number of nitrogens with one attached hydrogen (secondary N) is 1. The second-order valence-electron chi connectivity index (χ2n) is 5.24. The summed E-state index contributed by atoms with van der Waals surface area (Å²) in [6, 6.07) is 5.78. The number of ether oxygens (including phenoxy) is 1. The number of carbonyl (C=O) groups is 1. The van der Waals surface area contributed by atoms with Gasteiger partial charge in [0, 0.05) is 17.9 Å². The lowest BCUT2D eigenvalue weighted by atomic mass is 9.98. The van der Waals surface area contributed by atoms with Crippen molar-refractivity contribution in [1.29, 1.82) is 0 Å². The highest BCUT2D eigenvalue weighted by molar-refractivity contribution is 5.94. The number of hydrogen-bond acceptors (Lipinski definition) is 3. The van der Waals surface area contributed by atoms with Crippen LogP contribution in [0.2, 0.25) is 0 Å². The number of rotatable bonds is 3. The second-order valence-corrected chi connectivity index (χ2v) is 5.24. The third kappa shape index (κ3) is 3.84. The number of hydrogen-bond donors (Lipinski definition) is 2. The molecule has 1 aliphatic rings. The second kappa shape index (κ2) is 7.26. The molecule has 21 heavy (non-hydrogen) atoms. The Balaban J connectivity index is 2.13. The maximum atomic E-state index is 12.4. The molecular weight excluding hydrogens is 264 g/mol. The molecule has 1 fully saturated rings. The molecule has 1 aliphatic heterocycles. The monoisotopic (exact) mass is 286 g/mol. The first-order valence-electron chi connectivity index (χ1n) is 7.37. The Bertz CT molecular complexity index is 572. The summed E-state index contributed by atoms with van der Waals surface area (Å²) in [5, 5.41) is 3.02. The molecule has 1 aromatic rings. The van der Waals surface area contributed by atoms with Gasteiger partial charge >= 0.3 is 0 Å². The highest BCUT2D eigenvalue weighted by atomic mass is 16.5. The molecule has 112 valence electrons. The molecule has 2 atom stereocenters. The van der Waals surface area contributed by atoms with Crippen molar-refractivity contribution in [1.82, 2.24) is 0 Å². The summed E-state index contributed by atoms with van der Waals surface area (Å²) in [6.45, 7) is 5.01. The first-order chi connectivity index (χ1) is 10.2. The van der Waals surface area contributed by atoms with Gasteiger partial charge in [0.15, 0.2) is 0 Å². The first kappa shape index (κ1) is 15.6. The molecule has 0 aliphatic carbocycles. The standard InChI is InChI=1S/C17H22N2O2/c1-3-16-14(8-10-21-16)17(20)19-15-11-13(5-4-9-18)7-6-12(15)2/h6-7,11,14,16H,3,8-10,18H2,1-2H3,(H,19,20). The summed E-state index contributed by atoms with van der Waals surface area (Å²) in [5.74, 6) is 5.78. The molecule has 1 amide bonds. The Morgan fingerprint density at radius 2 is 2.33 bits per heavy atom. The summed E-state index contributed by atoms with van der Waals surface area (Å²) in [5.41, 5.74) is 8.07. The average Bonchev–Trinajstić information content (AvgIpc) is 2.96. The van der Waals surface area contributed by atoms with E-state index in [1.807, 2.05) is 32.0 Å². The summed E-state index contributed by atoms with van der Waals surface area (Å²) < 4.78 is 5.58. The van der Waals surface area contributed by atoms with E-state index in [4.69, 9.17) is 10.5 Å². The van der Waals surface area contributed by atoms with Crippen LogP contribution in [0.5, 0.6) is 0 Å². The van der Waals surface area contributed by atoms with Crippen molar-refractivity contribution in [3.8, 4) is 11.8 Å². The van der Waals surface area contributed by atoms with Gasteiger partial charge in [0.25, 0.3) is 0 Å². The largest absolute Gasteiger partial charge is 0.377 e. The average molecular weight is 286 g/mol. The minimum Gasteiger partial charge on any atom is -0.377 e. The van der Waals surface area contributed by atoms with E-state index in [1.54, 1.807) is 0 Å². The zero-order chi connectivity index (χ0) is 15.2. The van der Waals surface area contributed by atoms with Crippen LogP contribution in [0.1, 0.15) is 30.9 Å². The van der Waals surface area contributed by atoms with Gasteiger partial charge in [-0.1, -0.05) is 24.8 Å². The van der Waals surface area contributed by atoms with Crippen molar-refractivity contribution in [2.24, 2.45) is 11.7 Å². The molecular formula is C17H22N2O2. The normalized spacial score (nSPS) is 20.7. The Hall–Kier alpha value is -1.83. The van der Waals surface area contributed by atoms with Gasteiger partial charge in [-0.2, -0.15) is 0 Å². The van der Waals surface area contributed by atoms with Crippen molar-refractivity contribution >= 4 is 11.6 Å². The summed E-state index contributed by atoms with van der Waals surface area (Å²) in [7, 11) is 0. The van der Waals surface area contributed by atoms with Crippen LogP contribution in [0.3, 0.4) is 0 Å². The number of benzene rings is 1. The number of anilines is 1. The molecule has 0 radical (unpaired) electrons. The van der Waals surface area contributed by atoms with Gasteiger partial charge in [-0.15, -0.1) is 0 Å². The van der Waals surface area contributed by atoms with Gasteiger partial charge in [-0.3, -0.25) is 4.79 Å². The zero-order valence-corrected chi connectivity index (χ0v) is 12.6. The maximum Gasteiger partial charge on any atom is 0.230 e. The van der Waals surface area contributed by atoms with E-state index in [1.165, 1.54) is 0 Å². The Labute approximate surface area is 126 Å². The summed E-state index contributed by atoms with van der Waals surface area (Å²) in [4.78, 5) is 12.4. The molecule has 0 saturated carbocycles. The van der Waals surface area contributed by atoms with Gasteiger partial charge in [0.2, 0.25) is 5.91 Å². The predicted molar refractivity (Wildman–Crippen MR) is 83.9 cm³/mol. The van der Waals surface area contributed by atoms with E-state index in [9.17, 15) is 4.79 Å². The number of aryl methyl sites for hydroxylation is 1. The maximum absolute atomic E-state index is 12.4. The quantitative estimate of drug-likeness (QED) is 0.836. The molecule has 4 nitrogen and oxygen atoms in total. The molecule has 1 saturated heterocycles. The Morgan fingerprint density at radius 1 is 1.52 bits per heavy atom. The molecule has 2 unspecified atom stereocenters. The van der Waals surface area contributed by atoms with Gasteiger partial charge in [0.05, 0.1) is 18.6 Å². The number of amides is 1. The van der Waals surface area contributed by atoms with Gasteiger partial charge < -0.3 is 15.8 Å². The van der Waals surface area contributed by atoms with E-state index in [2.05, 4.69) is 17.2 Å². The van der Waals surface area contributed by atoms with E-state index in [0.717, 1.165) is 29.7 Å². The van der Waals surface area contributed by atoms with Crippen molar-refractivity contribution in [3.63, 3.8) is 0 Å². The lowest BCUT2D eigenvalue weighted by Gasteiger charge is -2.17. The van der Waals surface area contributed by atoms with E-state index < -0.39 is 0 Å². The smallest absolute Gasteiger partial charge is 0.230 e. The minimum absolute atomic E-state index is 0.0329. The van der Waals surface area contributed by atoms with Gasteiger partial charge in [-0.05, 0) is 37.5 Å². The highest BCUT2D eigenvalue weighted by Gasteiger charge is 2.32. The molecule has 1 heterocycles. The van der Waals surface area contributed by atoms with Crippen LogP contribution in [0.4, 0.5) is 5.69 Å². The minimum atomic E-state index is -0.0619. The third-order valence-corrected chi connectivity index (χ3v) is 3.78. The molecule has 0 bridgehead atoms. The zero-order valence-electron chi connectivity index (χ0n) is 12.6. The number of carbonyl (C=O) groups excluding carboxylic acids is 1. The molecule has 2 rings (SSSR count). The molecule has 4 heteroatoms. The van der Waals surface area contributed by atoms with Gasteiger partial charge in [0.1, 0.15) is 0 Å². The van der Waals surface area contributed by atoms with E-state index in [-0.39, 0.29) is 17.9 Å². The van der Waals surface area contributed by atoms with Crippen molar-refractivity contribution in [2.45, 2.75) is 32.8 Å². The fourth-order valence-corrected chi connectivity index (χ4v) is 2.56. The van der Waals surface area contributed by atoms with Crippen LogP contribution in [-0.2, 0) is 9.53 Å². The lowest BCUT2D eigenvalue weighted by Crippen LogP contribution is -2.29. The van der Waals surface area contributed by atoms with E-state index >= 15 is 0 Å². The Kier molecular flexibility index (Phi) is 5.38. The number of nitrogens with two attached hydrogens (primary N) is 1. The Morgan fingerprint density at radius 3 is 3.05 bits per heavy atom. The molecule has 0 aromatic heterocycles. The first-order valence-corrected chi connectivity index (χ1v) is 7.37. The van der Waals surface area contributed by atoms with Crippen molar-refractivity contribution in [2.75, 3.05) is 18.5 Å². The lowest BCUT2D eigenvalue weighted by molar-refractivity contribution is -0.121. The summed E-state index contributed by atoms with van der Waals surface area (Å²) in [6.07, 6.45) is 1.68. The van der Waals surface area contributed by atoms with Crippen LogP contribution >= 0.6 is 0 Å². The fraction of sp³-hybridized carbons (Fsp3) is 0.471. The van der Waals surface area contributed by atoms with Crippen LogP contribution in [-0.4, -0.2) is 25.2 Å². The van der Waals surface area contributed by atoms with Crippen LogP contribution < -0.4 is 11.1 Å².